The van der Waals surface area contributed by atoms with Crippen LogP contribution < -0.4 is 9.08 Å². The van der Waals surface area contributed by atoms with E-state index >= 15 is 0 Å². The van der Waals surface area contributed by atoms with Crippen LogP contribution in [0.3, 0.4) is 0 Å². The van der Waals surface area contributed by atoms with Gasteiger partial charge < -0.3 is 18.6 Å². The maximum atomic E-state index is 14.0. The summed E-state index contributed by atoms with van der Waals surface area (Å²) in [4.78, 5) is 4.69. The van der Waals surface area contributed by atoms with Gasteiger partial charge in [0, 0.05) is 13.1 Å². The lowest BCUT2D eigenvalue weighted by atomic mass is 10.1. The highest BCUT2D eigenvalue weighted by Gasteiger charge is 2.49. The average Bonchev–Trinajstić information content (AvgIpc) is 2.46. The summed E-state index contributed by atoms with van der Waals surface area (Å²) in [6, 6.07) is 1.42. The molecule has 1 fully saturated rings. The number of likely N-dealkylation sites (N-methyl/N-ethyl adjacent to an activating group) is 1. The van der Waals surface area contributed by atoms with Crippen LogP contribution in [0.4, 0.5) is 23.4 Å². The summed E-state index contributed by atoms with van der Waals surface area (Å²) in [5.41, 5.74) is -6.29. The Balaban J connectivity index is 2.27. The van der Waals surface area contributed by atoms with Crippen LogP contribution in [0.25, 0.3) is 0 Å². The van der Waals surface area contributed by atoms with E-state index in [9.17, 15) is 26.0 Å². The van der Waals surface area contributed by atoms with Crippen molar-refractivity contribution in [3.8, 4) is 5.88 Å². The molecule has 1 aromatic rings. The maximum absolute atomic E-state index is 14.0. The van der Waals surface area contributed by atoms with E-state index < -0.39 is 45.0 Å². The smallest absolute Gasteiger partial charge is 0.374 e. The molecule has 0 bridgehead atoms. The summed E-state index contributed by atoms with van der Waals surface area (Å²) >= 11 is 0. The van der Waals surface area contributed by atoms with Gasteiger partial charge in [0.25, 0.3) is 0 Å². The molecule has 1 atom stereocenters. The monoisotopic (exact) mass is 388 g/mol. The lowest BCUT2D eigenvalue weighted by molar-refractivity contribution is -0.180. The Morgan fingerprint density at radius 2 is 2.00 bits per heavy atom. The number of anilines is 1. The van der Waals surface area contributed by atoms with Crippen LogP contribution in [0.1, 0.15) is 13.8 Å². The number of hydrogen-bond donors (Lipinski definition) is 0. The van der Waals surface area contributed by atoms with Crippen molar-refractivity contribution in [1.29, 1.82) is 0 Å². The fourth-order valence-corrected chi connectivity index (χ4v) is 2.45. The second-order valence-corrected chi connectivity index (χ2v) is 7.43. The van der Waals surface area contributed by atoms with E-state index in [1.54, 1.807) is 13.8 Å². The topological polar surface area (TPSA) is 78.0 Å². The summed E-state index contributed by atoms with van der Waals surface area (Å²) < 4.78 is 88.1. The van der Waals surface area contributed by atoms with E-state index in [-0.39, 0.29) is 6.61 Å². The number of halogens is 4. The molecule has 1 aliphatic rings. The van der Waals surface area contributed by atoms with Crippen molar-refractivity contribution in [2.75, 3.05) is 25.2 Å². The first-order valence-corrected chi connectivity index (χ1v) is 8.39. The minimum absolute atomic E-state index is 0.0625. The van der Waals surface area contributed by atoms with Gasteiger partial charge in [-0.15, -0.1) is 0 Å². The third kappa shape index (κ3) is 4.50. The molecule has 7 nitrogen and oxygen atoms in total. The lowest BCUT2D eigenvalue weighted by Crippen LogP contribution is -2.50. The highest BCUT2D eigenvalue weighted by atomic mass is 32.2. The van der Waals surface area contributed by atoms with Crippen LogP contribution in [0.5, 0.6) is 5.88 Å². The Morgan fingerprint density at radius 1 is 1.36 bits per heavy atom. The van der Waals surface area contributed by atoms with Gasteiger partial charge in [-0.05, 0) is 19.9 Å². The minimum Gasteiger partial charge on any atom is -0.374 e. The molecular weight excluding hydrogens is 372 g/mol. The fraction of sp³-hybridized carbons (Fsp3) is 0.615. The van der Waals surface area contributed by atoms with Crippen molar-refractivity contribution in [2.24, 2.45) is 0 Å². The highest BCUT2D eigenvalue weighted by molar-refractivity contribution is 7.87. The SMILES string of the molecule is CN(c1nc(OS(=O)(=O)C(F)(F)F)ccc1F)C1COCC(C)(C)O1. The van der Waals surface area contributed by atoms with Crippen molar-refractivity contribution in [1.82, 2.24) is 4.98 Å². The summed E-state index contributed by atoms with van der Waals surface area (Å²) in [7, 11) is -4.53. The molecule has 0 N–H and O–H groups in total. The van der Waals surface area contributed by atoms with Crippen molar-refractivity contribution in [3.05, 3.63) is 17.9 Å². The van der Waals surface area contributed by atoms with Gasteiger partial charge in [-0.25, -0.2) is 4.39 Å². The molecule has 25 heavy (non-hydrogen) atoms. The van der Waals surface area contributed by atoms with E-state index in [1.807, 2.05) is 0 Å². The summed E-state index contributed by atoms with van der Waals surface area (Å²) in [6.07, 6.45) is -0.778. The molecule has 0 saturated carbocycles. The molecule has 1 unspecified atom stereocenters. The van der Waals surface area contributed by atoms with Crippen molar-refractivity contribution in [2.45, 2.75) is 31.2 Å². The molecule has 0 aliphatic carbocycles. The zero-order valence-corrected chi connectivity index (χ0v) is 14.3. The molecular formula is C13H16F4N2O5S. The van der Waals surface area contributed by atoms with Crippen molar-refractivity contribution >= 4 is 15.9 Å². The van der Waals surface area contributed by atoms with Crippen LogP contribution in [-0.2, 0) is 19.6 Å². The number of hydrogen-bond acceptors (Lipinski definition) is 7. The van der Waals surface area contributed by atoms with Gasteiger partial charge in [-0.2, -0.15) is 26.6 Å². The van der Waals surface area contributed by atoms with E-state index in [1.165, 1.54) is 11.9 Å². The van der Waals surface area contributed by atoms with Crippen molar-refractivity contribution < 1.29 is 39.6 Å². The molecule has 1 aromatic heterocycles. The molecule has 1 aliphatic heterocycles. The second-order valence-electron chi connectivity index (χ2n) is 5.90. The van der Waals surface area contributed by atoms with E-state index in [4.69, 9.17) is 9.47 Å². The largest absolute Gasteiger partial charge is 0.534 e. The number of rotatable bonds is 4. The van der Waals surface area contributed by atoms with Crippen LogP contribution in [0.15, 0.2) is 12.1 Å². The van der Waals surface area contributed by atoms with Gasteiger partial charge in [-0.3, -0.25) is 0 Å². The second kappa shape index (κ2) is 6.57. The molecule has 2 rings (SSSR count). The Bertz CT molecular complexity index is 738. The molecule has 0 radical (unpaired) electrons. The quantitative estimate of drug-likeness (QED) is 0.444. The van der Waals surface area contributed by atoms with Gasteiger partial charge in [0.05, 0.1) is 18.8 Å². The average molecular weight is 388 g/mol. The Kier molecular flexibility index (Phi) is 5.17. The lowest BCUT2D eigenvalue weighted by Gasteiger charge is -2.40. The molecule has 0 spiro atoms. The van der Waals surface area contributed by atoms with Crippen LogP contribution >= 0.6 is 0 Å². The van der Waals surface area contributed by atoms with E-state index in [0.717, 1.165) is 6.07 Å². The Morgan fingerprint density at radius 3 is 2.56 bits per heavy atom. The summed E-state index contributed by atoms with van der Waals surface area (Å²) in [5.74, 6) is -2.26. The Labute approximate surface area is 141 Å². The van der Waals surface area contributed by atoms with Gasteiger partial charge >= 0.3 is 15.6 Å². The third-order valence-corrected chi connectivity index (χ3v) is 4.17. The first-order chi connectivity index (χ1) is 11.3. The maximum Gasteiger partial charge on any atom is 0.534 e. The molecule has 12 heteroatoms. The molecule has 1 saturated heterocycles. The molecule has 142 valence electrons. The number of pyridine rings is 1. The van der Waals surface area contributed by atoms with Crippen LogP contribution in [0.2, 0.25) is 0 Å². The molecule has 2 heterocycles. The number of aromatic nitrogens is 1. The minimum atomic E-state index is -5.91. The van der Waals surface area contributed by atoms with E-state index in [2.05, 4.69) is 9.17 Å². The Hall–Kier alpha value is -1.66. The first kappa shape index (κ1) is 19.7. The molecule has 0 aromatic carbocycles. The van der Waals surface area contributed by atoms with Gasteiger partial charge in [0.1, 0.15) is 0 Å². The predicted molar refractivity (Wildman–Crippen MR) is 78.0 cm³/mol. The summed E-state index contributed by atoms with van der Waals surface area (Å²) in [5, 5.41) is 0. The van der Waals surface area contributed by atoms with Gasteiger partial charge in [-0.1, -0.05) is 0 Å². The third-order valence-electron chi connectivity index (χ3n) is 3.21. The van der Waals surface area contributed by atoms with E-state index in [0.29, 0.717) is 12.7 Å². The normalized spacial score (nSPS) is 21.0. The fourth-order valence-electron chi connectivity index (χ4n) is 2.04. The van der Waals surface area contributed by atoms with Gasteiger partial charge in [0.15, 0.2) is 17.9 Å². The molecule has 0 amide bonds. The number of nitrogens with zero attached hydrogens (tertiary/aromatic N) is 2. The predicted octanol–water partition coefficient (Wildman–Crippen LogP) is 2.04. The van der Waals surface area contributed by atoms with Crippen molar-refractivity contribution in [3.63, 3.8) is 0 Å². The van der Waals surface area contributed by atoms with Crippen LogP contribution in [0, 0.1) is 5.82 Å². The zero-order valence-electron chi connectivity index (χ0n) is 13.5. The summed E-state index contributed by atoms with van der Waals surface area (Å²) in [6.45, 7) is 3.85. The highest BCUT2D eigenvalue weighted by Crippen LogP contribution is 2.29. The number of alkyl halides is 3. The standard InChI is InChI=1S/C13H16F4N2O5S/c1-12(2)7-22-6-10(23-12)19(3)11-8(14)4-5-9(18-11)24-25(20,21)13(15,16)17/h4-5,10H,6-7H2,1-3H3. The van der Waals surface area contributed by atoms with Crippen LogP contribution in [-0.4, -0.2) is 51.0 Å². The first-order valence-electron chi connectivity index (χ1n) is 6.98. The van der Waals surface area contributed by atoms with Gasteiger partial charge in [0.2, 0.25) is 5.88 Å². The zero-order chi connectivity index (χ0) is 19.0. The number of ether oxygens (including phenoxy) is 2.